The first kappa shape index (κ1) is 18.2. The molecule has 1 aliphatic heterocycles. The molecule has 0 aromatic carbocycles. The number of hydrogen-bond donors (Lipinski definition) is 0. The minimum absolute atomic E-state index is 0.00175. The predicted octanol–water partition coefficient (Wildman–Crippen LogP) is 1.05. The first-order valence-electron chi connectivity index (χ1n) is 7.51. The molecule has 7 nitrogen and oxygen atoms in total. The van der Waals surface area contributed by atoms with Crippen LogP contribution in [0.25, 0.3) is 0 Å². The third-order valence-electron chi connectivity index (χ3n) is 4.03. The van der Waals surface area contributed by atoms with Crippen molar-refractivity contribution < 1.29 is 16.8 Å². The zero-order chi connectivity index (χ0) is 17.3. The third kappa shape index (κ3) is 3.67. The fraction of sp³-hybridized carbons (Fsp3) is 0.643. The van der Waals surface area contributed by atoms with E-state index in [2.05, 4.69) is 11.7 Å². The van der Waals surface area contributed by atoms with Gasteiger partial charge in [-0.25, -0.2) is 16.8 Å². The van der Waals surface area contributed by atoms with Crippen molar-refractivity contribution >= 4 is 19.9 Å². The number of aryl methyl sites for hydroxylation is 1. The van der Waals surface area contributed by atoms with Crippen molar-refractivity contribution in [3.8, 4) is 0 Å². The summed E-state index contributed by atoms with van der Waals surface area (Å²) in [5.74, 6) is -0.169. The highest BCUT2D eigenvalue weighted by atomic mass is 32.2. The van der Waals surface area contributed by atoms with Gasteiger partial charge in [0, 0.05) is 24.8 Å². The molecule has 1 fully saturated rings. The van der Waals surface area contributed by atoms with Gasteiger partial charge in [-0.05, 0) is 19.8 Å². The molecular formula is C14H23N3O4S2. The maximum Gasteiger partial charge on any atom is 0.247 e. The van der Waals surface area contributed by atoms with Gasteiger partial charge in [0.2, 0.25) is 10.0 Å². The van der Waals surface area contributed by atoms with E-state index in [-0.39, 0.29) is 29.4 Å². The Morgan fingerprint density at radius 3 is 2.74 bits per heavy atom. The van der Waals surface area contributed by atoms with E-state index < -0.39 is 25.4 Å². The molecule has 1 aromatic rings. The van der Waals surface area contributed by atoms with Gasteiger partial charge < -0.3 is 0 Å². The molecule has 0 saturated carbocycles. The van der Waals surface area contributed by atoms with Gasteiger partial charge in [-0.2, -0.15) is 9.40 Å². The van der Waals surface area contributed by atoms with Crippen molar-refractivity contribution in [2.45, 2.75) is 43.7 Å². The van der Waals surface area contributed by atoms with Crippen LogP contribution in [0.5, 0.6) is 0 Å². The SMILES string of the molecule is C=CCN(C1(C)CCS(=O)(=O)C1)S(=O)(=O)c1cnn(CCC)c1. The number of rotatable bonds is 7. The van der Waals surface area contributed by atoms with E-state index in [1.54, 1.807) is 11.6 Å². The molecule has 9 heteroatoms. The van der Waals surface area contributed by atoms with Gasteiger partial charge in [-0.15, -0.1) is 6.58 Å². The Kier molecular flexibility index (Phi) is 5.03. The Morgan fingerprint density at radius 1 is 1.52 bits per heavy atom. The van der Waals surface area contributed by atoms with Gasteiger partial charge in [0.15, 0.2) is 9.84 Å². The predicted molar refractivity (Wildman–Crippen MR) is 88.3 cm³/mol. The largest absolute Gasteiger partial charge is 0.271 e. The monoisotopic (exact) mass is 361 g/mol. The van der Waals surface area contributed by atoms with Crippen LogP contribution >= 0.6 is 0 Å². The van der Waals surface area contributed by atoms with E-state index in [0.717, 1.165) is 6.42 Å². The van der Waals surface area contributed by atoms with Crippen molar-refractivity contribution in [2.75, 3.05) is 18.1 Å². The van der Waals surface area contributed by atoms with E-state index in [9.17, 15) is 16.8 Å². The van der Waals surface area contributed by atoms with E-state index in [4.69, 9.17) is 0 Å². The standard InChI is InChI=1S/C14H23N3O4S2/c1-4-7-16-11-13(10-15-16)23(20,21)17(8-5-2)14(3)6-9-22(18,19)12-14/h5,10-11H,2,4,6-9,12H2,1,3H3. The van der Waals surface area contributed by atoms with Crippen LogP contribution in [-0.2, 0) is 26.4 Å². The normalized spacial score (nSPS) is 24.1. The number of sulfonamides is 1. The van der Waals surface area contributed by atoms with Crippen LogP contribution < -0.4 is 0 Å². The first-order valence-corrected chi connectivity index (χ1v) is 10.8. The Morgan fingerprint density at radius 2 is 2.22 bits per heavy atom. The second kappa shape index (κ2) is 6.37. The maximum absolute atomic E-state index is 13.0. The van der Waals surface area contributed by atoms with Crippen LogP contribution in [0.1, 0.15) is 26.7 Å². The quantitative estimate of drug-likeness (QED) is 0.677. The molecule has 0 N–H and O–H groups in total. The van der Waals surface area contributed by atoms with E-state index >= 15 is 0 Å². The molecule has 0 radical (unpaired) electrons. The Bertz CT molecular complexity index is 783. The molecule has 23 heavy (non-hydrogen) atoms. The molecular weight excluding hydrogens is 338 g/mol. The molecule has 2 heterocycles. The summed E-state index contributed by atoms with van der Waals surface area (Å²) in [6.07, 6.45) is 5.40. The molecule has 1 aromatic heterocycles. The van der Waals surface area contributed by atoms with Gasteiger partial charge >= 0.3 is 0 Å². The highest BCUT2D eigenvalue weighted by Crippen LogP contribution is 2.33. The van der Waals surface area contributed by atoms with E-state index in [1.165, 1.54) is 22.8 Å². The summed E-state index contributed by atoms with van der Waals surface area (Å²) in [6, 6.07) is 0. The summed E-state index contributed by atoms with van der Waals surface area (Å²) < 4.78 is 52.5. The summed E-state index contributed by atoms with van der Waals surface area (Å²) >= 11 is 0. The fourth-order valence-corrected chi connectivity index (χ4v) is 6.82. The molecule has 130 valence electrons. The van der Waals surface area contributed by atoms with Crippen LogP contribution in [0.15, 0.2) is 29.9 Å². The van der Waals surface area contributed by atoms with E-state index in [1.807, 2.05) is 6.92 Å². The molecule has 0 spiro atoms. The summed E-state index contributed by atoms with van der Waals surface area (Å²) in [7, 11) is -7.06. The minimum atomic E-state index is -3.84. The Hall–Kier alpha value is -1.19. The number of nitrogens with zero attached hydrogens (tertiary/aromatic N) is 3. The smallest absolute Gasteiger partial charge is 0.247 e. The average Bonchev–Trinajstić information content (AvgIpc) is 3.02. The van der Waals surface area contributed by atoms with Crippen molar-refractivity contribution in [2.24, 2.45) is 0 Å². The van der Waals surface area contributed by atoms with Gasteiger partial charge in [0.1, 0.15) is 4.90 Å². The lowest BCUT2D eigenvalue weighted by atomic mass is 10.0. The second-order valence-corrected chi connectivity index (χ2v) is 10.1. The van der Waals surface area contributed by atoms with Crippen molar-refractivity contribution in [1.82, 2.24) is 14.1 Å². The van der Waals surface area contributed by atoms with Crippen LogP contribution in [0.3, 0.4) is 0 Å². The van der Waals surface area contributed by atoms with Gasteiger partial charge in [0.25, 0.3) is 0 Å². The van der Waals surface area contributed by atoms with Crippen LogP contribution in [0.2, 0.25) is 0 Å². The molecule has 1 saturated heterocycles. The molecule has 1 aliphatic rings. The highest BCUT2D eigenvalue weighted by Gasteiger charge is 2.47. The highest BCUT2D eigenvalue weighted by molar-refractivity contribution is 7.92. The number of aromatic nitrogens is 2. The van der Waals surface area contributed by atoms with Crippen molar-refractivity contribution in [1.29, 1.82) is 0 Å². The van der Waals surface area contributed by atoms with Crippen molar-refractivity contribution in [3.05, 3.63) is 25.0 Å². The molecule has 1 atom stereocenters. The maximum atomic E-state index is 13.0. The third-order valence-corrected chi connectivity index (χ3v) is 7.89. The Labute approximate surface area is 138 Å². The van der Waals surface area contributed by atoms with Crippen LogP contribution in [0, 0.1) is 0 Å². The summed E-state index contributed by atoms with van der Waals surface area (Å²) in [4.78, 5) is 0.0818. The lowest BCUT2D eigenvalue weighted by molar-refractivity contribution is 0.252. The van der Waals surface area contributed by atoms with Gasteiger partial charge in [0.05, 0.1) is 17.7 Å². The van der Waals surface area contributed by atoms with Crippen molar-refractivity contribution in [3.63, 3.8) is 0 Å². The number of hydrogen-bond acceptors (Lipinski definition) is 5. The second-order valence-electron chi connectivity index (χ2n) is 6.10. The molecule has 0 bridgehead atoms. The average molecular weight is 361 g/mol. The first-order chi connectivity index (χ1) is 10.6. The molecule has 2 rings (SSSR count). The lowest BCUT2D eigenvalue weighted by Gasteiger charge is -2.35. The Balaban J connectivity index is 2.41. The summed E-state index contributed by atoms with van der Waals surface area (Å²) in [6.45, 7) is 7.95. The minimum Gasteiger partial charge on any atom is -0.271 e. The molecule has 0 aliphatic carbocycles. The van der Waals surface area contributed by atoms with Crippen LogP contribution in [-0.4, -0.2) is 54.5 Å². The zero-order valence-corrected chi connectivity index (χ0v) is 15.1. The molecule has 0 amide bonds. The van der Waals surface area contributed by atoms with Gasteiger partial charge in [-0.3, -0.25) is 4.68 Å². The fourth-order valence-electron chi connectivity index (χ4n) is 2.87. The van der Waals surface area contributed by atoms with Crippen LogP contribution in [0.4, 0.5) is 0 Å². The summed E-state index contributed by atoms with van der Waals surface area (Å²) in [5, 5.41) is 4.06. The zero-order valence-electron chi connectivity index (χ0n) is 13.5. The molecule has 1 unspecified atom stereocenters. The van der Waals surface area contributed by atoms with Gasteiger partial charge in [-0.1, -0.05) is 13.0 Å². The number of sulfone groups is 1. The lowest BCUT2D eigenvalue weighted by Crippen LogP contribution is -2.50. The topological polar surface area (TPSA) is 89.3 Å². The van der Waals surface area contributed by atoms with E-state index in [0.29, 0.717) is 6.54 Å². The summed E-state index contributed by atoms with van der Waals surface area (Å²) in [5.41, 5.74) is -0.960.